The number of rotatable bonds is 6. The van der Waals surface area contributed by atoms with Gasteiger partial charge in [-0.15, -0.1) is 10.2 Å². The van der Waals surface area contributed by atoms with Crippen molar-refractivity contribution in [1.82, 2.24) is 19.7 Å². The van der Waals surface area contributed by atoms with E-state index in [0.29, 0.717) is 48.1 Å². The van der Waals surface area contributed by atoms with Crippen LogP contribution in [-0.4, -0.2) is 64.7 Å². The lowest BCUT2D eigenvalue weighted by molar-refractivity contribution is -0.132. The van der Waals surface area contributed by atoms with Crippen LogP contribution >= 0.6 is 23.4 Å². The van der Waals surface area contributed by atoms with E-state index in [4.69, 9.17) is 21.1 Å². The van der Waals surface area contributed by atoms with Gasteiger partial charge in [0.2, 0.25) is 5.91 Å². The fraction of sp³-hybridized carbons (Fsp3) is 0.286. The molecule has 0 unspecified atom stereocenters. The molecule has 2 heterocycles. The molecule has 0 aliphatic carbocycles. The van der Waals surface area contributed by atoms with Crippen LogP contribution in [0.25, 0.3) is 17.1 Å². The number of thioether (sulfide) groups is 1. The van der Waals surface area contributed by atoms with Gasteiger partial charge >= 0.3 is 0 Å². The molecular weight excluding hydrogens is 424 g/mol. The van der Waals surface area contributed by atoms with Gasteiger partial charge in [0.1, 0.15) is 5.75 Å². The van der Waals surface area contributed by atoms with Gasteiger partial charge in [-0.3, -0.25) is 9.36 Å². The average molecular weight is 445 g/mol. The molecular formula is C21H21ClN4O3S. The lowest BCUT2D eigenvalue weighted by Gasteiger charge is -2.26. The third-order valence-corrected chi connectivity index (χ3v) is 5.96. The van der Waals surface area contributed by atoms with Crippen LogP contribution in [0.5, 0.6) is 5.75 Å². The molecule has 1 fully saturated rings. The highest BCUT2D eigenvalue weighted by atomic mass is 35.5. The fourth-order valence-corrected chi connectivity index (χ4v) is 4.30. The van der Waals surface area contributed by atoms with E-state index in [9.17, 15) is 4.79 Å². The first-order chi connectivity index (χ1) is 14.7. The number of benzene rings is 2. The average Bonchev–Trinajstić information content (AvgIpc) is 3.22. The summed E-state index contributed by atoms with van der Waals surface area (Å²) in [5.41, 5.74) is 1.72. The van der Waals surface area contributed by atoms with Crippen LogP contribution in [0, 0.1) is 0 Å². The first-order valence-electron chi connectivity index (χ1n) is 9.50. The fourth-order valence-electron chi connectivity index (χ4n) is 3.20. The van der Waals surface area contributed by atoms with Crippen molar-refractivity contribution in [1.29, 1.82) is 0 Å². The molecule has 156 valence electrons. The lowest BCUT2D eigenvalue weighted by Crippen LogP contribution is -2.41. The highest BCUT2D eigenvalue weighted by Gasteiger charge is 2.21. The second kappa shape index (κ2) is 9.51. The Morgan fingerprint density at radius 1 is 1.17 bits per heavy atom. The molecule has 1 aliphatic rings. The number of amides is 1. The van der Waals surface area contributed by atoms with Gasteiger partial charge in [-0.05, 0) is 18.2 Å². The minimum atomic E-state index is 0.0619. The SMILES string of the molecule is COc1ccc(-n2c(SCC(=O)N3CCOCC3)nnc2-c2ccccc2)cc1Cl. The van der Waals surface area contributed by atoms with E-state index in [-0.39, 0.29) is 11.7 Å². The van der Waals surface area contributed by atoms with Gasteiger partial charge in [0.15, 0.2) is 11.0 Å². The van der Waals surface area contributed by atoms with Gasteiger partial charge in [-0.1, -0.05) is 53.7 Å². The van der Waals surface area contributed by atoms with Crippen molar-refractivity contribution in [2.24, 2.45) is 0 Å². The molecule has 1 saturated heterocycles. The number of halogens is 1. The molecule has 1 amide bonds. The van der Waals surface area contributed by atoms with Gasteiger partial charge in [0.05, 0.1) is 36.8 Å². The van der Waals surface area contributed by atoms with E-state index in [1.165, 1.54) is 11.8 Å². The quantitative estimate of drug-likeness (QED) is 0.541. The van der Waals surface area contributed by atoms with Crippen molar-refractivity contribution >= 4 is 29.3 Å². The van der Waals surface area contributed by atoms with E-state index < -0.39 is 0 Å². The Kier molecular flexibility index (Phi) is 6.56. The van der Waals surface area contributed by atoms with Crippen molar-refractivity contribution in [3.05, 3.63) is 53.6 Å². The largest absolute Gasteiger partial charge is 0.495 e. The van der Waals surface area contributed by atoms with E-state index >= 15 is 0 Å². The molecule has 0 saturated carbocycles. The predicted octanol–water partition coefficient (Wildman–Crippen LogP) is 3.55. The summed E-state index contributed by atoms with van der Waals surface area (Å²) >= 11 is 7.73. The molecule has 9 heteroatoms. The highest BCUT2D eigenvalue weighted by Crippen LogP contribution is 2.32. The summed E-state index contributed by atoms with van der Waals surface area (Å²) in [7, 11) is 1.58. The third kappa shape index (κ3) is 4.45. The minimum Gasteiger partial charge on any atom is -0.495 e. The zero-order valence-corrected chi connectivity index (χ0v) is 18.0. The molecule has 3 aromatic rings. The number of hydrogen-bond acceptors (Lipinski definition) is 6. The highest BCUT2D eigenvalue weighted by molar-refractivity contribution is 7.99. The molecule has 0 N–H and O–H groups in total. The maximum Gasteiger partial charge on any atom is 0.233 e. The van der Waals surface area contributed by atoms with Crippen LogP contribution in [0.1, 0.15) is 0 Å². The normalized spacial score (nSPS) is 14.0. The van der Waals surface area contributed by atoms with E-state index in [0.717, 1.165) is 11.3 Å². The zero-order valence-electron chi connectivity index (χ0n) is 16.5. The second-order valence-electron chi connectivity index (χ2n) is 6.61. The molecule has 0 radical (unpaired) electrons. The Balaban J connectivity index is 1.66. The molecule has 2 aromatic carbocycles. The van der Waals surface area contributed by atoms with Gasteiger partial charge in [-0.25, -0.2) is 0 Å². The Morgan fingerprint density at radius 2 is 1.93 bits per heavy atom. The van der Waals surface area contributed by atoms with E-state index in [1.807, 2.05) is 51.9 Å². The first kappa shape index (κ1) is 20.7. The van der Waals surface area contributed by atoms with Gasteiger partial charge < -0.3 is 14.4 Å². The minimum absolute atomic E-state index is 0.0619. The maximum atomic E-state index is 12.6. The van der Waals surface area contributed by atoms with Crippen LogP contribution < -0.4 is 4.74 Å². The van der Waals surface area contributed by atoms with Crippen LogP contribution in [0.4, 0.5) is 0 Å². The molecule has 0 spiro atoms. The molecule has 0 atom stereocenters. The van der Waals surface area contributed by atoms with Crippen molar-refractivity contribution in [2.75, 3.05) is 39.2 Å². The first-order valence-corrected chi connectivity index (χ1v) is 10.9. The Bertz CT molecular complexity index is 1020. The summed E-state index contributed by atoms with van der Waals surface area (Å²) in [4.78, 5) is 14.4. The summed E-state index contributed by atoms with van der Waals surface area (Å²) in [6.07, 6.45) is 0. The Morgan fingerprint density at radius 3 is 2.63 bits per heavy atom. The molecule has 30 heavy (non-hydrogen) atoms. The molecule has 1 aromatic heterocycles. The summed E-state index contributed by atoms with van der Waals surface area (Å²) in [5.74, 6) is 1.60. The number of carbonyl (C=O) groups is 1. The van der Waals surface area contributed by atoms with Crippen molar-refractivity contribution in [2.45, 2.75) is 5.16 Å². The smallest absolute Gasteiger partial charge is 0.233 e. The zero-order chi connectivity index (χ0) is 20.9. The Labute approximate surface area is 183 Å². The van der Waals surface area contributed by atoms with Crippen LogP contribution in [-0.2, 0) is 9.53 Å². The monoisotopic (exact) mass is 444 g/mol. The van der Waals surface area contributed by atoms with E-state index in [1.54, 1.807) is 13.2 Å². The van der Waals surface area contributed by atoms with Crippen molar-refractivity contribution in [3.63, 3.8) is 0 Å². The summed E-state index contributed by atoms with van der Waals surface area (Å²) in [6.45, 7) is 2.40. The number of methoxy groups -OCH3 is 1. The number of hydrogen-bond donors (Lipinski definition) is 0. The number of morpholine rings is 1. The summed E-state index contributed by atoms with van der Waals surface area (Å²) < 4.78 is 12.5. The number of aromatic nitrogens is 3. The van der Waals surface area contributed by atoms with Gasteiger partial charge in [0.25, 0.3) is 0 Å². The van der Waals surface area contributed by atoms with Crippen LogP contribution in [0.15, 0.2) is 53.7 Å². The molecule has 0 bridgehead atoms. The lowest BCUT2D eigenvalue weighted by atomic mass is 10.2. The number of ether oxygens (including phenoxy) is 2. The standard InChI is InChI=1S/C21H21ClN4O3S/c1-28-18-8-7-16(13-17(18)22)26-20(15-5-3-2-4-6-15)23-24-21(26)30-14-19(27)25-9-11-29-12-10-25/h2-8,13H,9-12,14H2,1H3. The second-order valence-corrected chi connectivity index (χ2v) is 7.96. The maximum absolute atomic E-state index is 12.6. The molecule has 4 rings (SSSR count). The van der Waals surface area contributed by atoms with Crippen LogP contribution in [0.2, 0.25) is 5.02 Å². The van der Waals surface area contributed by atoms with Crippen molar-refractivity contribution < 1.29 is 14.3 Å². The predicted molar refractivity (Wildman–Crippen MR) is 116 cm³/mol. The van der Waals surface area contributed by atoms with E-state index in [2.05, 4.69) is 10.2 Å². The number of nitrogens with zero attached hydrogens (tertiary/aromatic N) is 4. The van der Waals surface area contributed by atoms with Gasteiger partial charge in [0, 0.05) is 18.7 Å². The summed E-state index contributed by atoms with van der Waals surface area (Å²) in [5, 5.41) is 9.87. The van der Waals surface area contributed by atoms with Gasteiger partial charge in [-0.2, -0.15) is 0 Å². The molecule has 7 nitrogen and oxygen atoms in total. The molecule has 1 aliphatic heterocycles. The topological polar surface area (TPSA) is 69.5 Å². The Hall–Kier alpha value is -2.55. The number of carbonyl (C=O) groups excluding carboxylic acids is 1. The third-order valence-electron chi connectivity index (χ3n) is 4.75. The summed E-state index contributed by atoms with van der Waals surface area (Å²) in [6, 6.07) is 15.3. The van der Waals surface area contributed by atoms with Crippen LogP contribution in [0.3, 0.4) is 0 Å². The van der Waals surface area contributed by atoms with Crippen molar-refractivity contribution in [3.8, 4) is 22.8 Å².